The Labute approximate surface area is 198 Å². The van der Waals surface area contributed by atoms with E-state index in [1.54, 1.807) is 6.92 Å². The summed E-state index contributed by atoms with van der Waals surface area (Å²) in [6.45, 7) is 7.75. The first kappa shape index (κ1) is 22.7. The van der Waals surface area contributed by atoms with Gasteiger partial charge in [0, 0.05) is 39.8 Å². The van der Waals surface area contributed by atoms with Gasteiger partial charge in [0.2, 0.25) is 5.91 Å². The number of nitrogens with zero attached hydrogens (tertiary/aromatic N) is 2. The average Bonchev–Trinajstić information content (AvgIpc) is 3.43. The molecule has 2 amide bonds. The third-order valence-electron chi connectivity index (χ3n) is 8.24. The smallest absolute Gasteiger partial charge is 0.410 e. The summed E-state index contributed by atoms with van der Waals surface area (Å²) in [5.74, 6) is 0.692. The Bertz CT molecular complexity index is 859. The van der Waals surface area contributed by atoms with Gasteiger partial charge in [-0.25, -0.2) is 4.79 Å². The molecule has 33 heavy (non-hydrogen) atoms. The first-order valence-corrected chi connectivity index (χ1v) is 12.6. The van der Waals surface area contributed by atoms with E-state index < -0.39 is 0 Å². The number of rotatable bonds is 4. The monoisotopic (exact) mass is 457 g/mol. The first-order chi connectivity index (χ1) is 16.0. The number of piperidine rings is 2. The largest absolute Gasteiger partial charge is 0.444 e. The second kappa shape index (κ2) is 9.63. The van der Waals surface area contributed by atoms with E-state index in [2.05, 4.69) is 34.5 Å². The molecule has 182 valence electrons. The summed E-state index contributed by atoms with van der Waals surface area (Å²) < 4.78 is 10.9. The van der Waals surface area contributed by atoms with Crippen molar-refractivity contribution >= 4 is 12.0 Å². The molecule has 3 fully saturated rings. The van der Waals surface area contributed by atoms with Crippen LogP contribution in [-0.4, -0.2) is 73.8 Å². The molecule has 7 nitrogen and oxygen atoms in total. The maximum Gasteiger partial charge on any atom is 0.410 e. The minimum atomic E-state index is -0.169. The molecule has 1 aromatic rings. The van der Waals surface area contributed by atoms with E-state index in [1.807, 2.05) is 4.90 Å². The van der Waals surface area contributed by atoms with Crippen LogP contribution in [0.1, 0.15) is 64.0 Å². The molecule has 5 rings (SSSR count). The zero-order valence-corrected chi connectivity index (χ0v) is 19.8. The minimum absolute atomic E-state index is 0. The van der Waals surface area contributed by atoms with Crippen LogP contribution in [0.15, 0.2) is 24.3 Å². The molecule has 0 aromatic heterocycles. The second-order valence-corrected chi connectivity index (χ2v) is 10.4. The number of carbonyl (C=O) groups is 2. The Kier molecular flexibility index (Phi) is 6.61. The number of benzene rings is 1. The maximum atomic E-state index is 12.4. The molecule has 1 aromatic carbocycles. The number of amides is 2. The van der Waals surface area contributed by atoms with Crippen molar-refractivity contribution in [1.29, 1.82) is 0 Å². The summed E-state index contributed by atoms with van der Waals surface area (Å²) in [4.78, 5) is 28.6. The third-order valence-corrected chi connectivity index (χ3v) is 8.24. The Morgan fingerprint density at radius 2 is 1.91 bits per heavy atom. The van der Waals surface area contributed by atoms with Crippen molar-refractivity contribution in [3.05, 3.63) is 35.4 Å². The molecule has 4 aliphatic rings. The lowest BCUT2D eigenvalue weighted by atomic mass is 9.73. The highest BCUT2D eigenvalue weighted by molar-refractivity contribution is 5.74. The Morgan fingerprint density at radius 3 is 2.61 bits per heavy atom. The normalized spacial score (nSPS) is 27.5. The number of fused-ring (bicyclic) bond motifs is 2. The highest BCUT2D eigenvalue weighted by Gasteiger charge is 2.45. The van der Waals surface area contributed by atoms with Crippen molar-refractivity contribution in [2.45, 2.75) is 63.0 Å². The van der Waals surface area contributed by atoms with Crippen LogP contribution in [0.2, 0.25) is 0 Å². The van der Waals surface area contributed by atoms with E-state index in [4.69, 9.17) is 9.47 Å². The van der Waals surface area contributed by atoms with Gasteiger partial charge in [-0.15, -0.1) is 0 Å². The van der Waals surface area contributed by atoms with Gasteiger partial charge in [0.1, 0.15) is 6.10 Å². The van der Waals surface area contributed by atoms with Crippen LogP contribution in [0.25, 0.3) is 0 Å². The predicted molar refractivity (Wildman–Crippen MR) is 127 cm³/mol. The Balaban J connectivity index is 0.00000274. The molecule has 2 atom stereocenters. The van der Waals surface area contributed by atoms with E-state index in [1.165, 1.54) is 11.1 Å². The SMILES string of the molecule is CC(=O)N[C@H]1CC2(CCN(CC3CCN(C(=O)O[C@H]4CCOC4)CC3)CC2)c2ccccc21.[HH]. The Hall–Kier alpha value is -2.12. The van der Waals surface area contributed by atoms with Crippen LogP contribution in [-0.2, 0) is 19.7 Å². The zero-order valence-electron chi connectivity index (χ0n) is 19.8. The number of nitrogens with one attached hydrogen (secondary N) is 1. The van der Waals surface area contributed by atoms with Gasteiger partial charge in [-0.1, -0.05) is 24.3 Å². The lowest BCUT2D eigenvalue weighted by molar-refractivity contribution is -0.119. The van der Waals surface area contributed by atoms with E-state index in [0.717, 1.165) is 71.2 Å². The second-order valence-electron chi connectivity index (χ2n) is 10.4. The van der Waals surface area contributed by atoms with Gasteiger partial charge in [0.05, 0.1) is 19.3 Å². The van der Waals surface area contributed by atoms with Crippen LogP contribution < -0.4 is 5.32 Å². The van der Waals surface area contributed by atoms with E-state index in [0.29, 0.717) is 19.1 Å². The maximum absolute atomic E-state index is 12.4. The van der Waals surface area contributed by atoms with Crippen LogP contribution in [0.5, 0.6) is 0 Å². The summed E-state index contributed by atoms with van der Waals surface area (Å²) in [7, 11) is 0. The fraction of sp³-hybridized carbons (Fsp3) is 0.692. The molecular formula is C26H39N3O4. The zero-order chi connectivity index (χ0) is 22.8. The van der Waals surface area contributed by atoms with Gasteiger partial charge in [0.25, 0.3) is 0 Å². The van der Waals surface area contributed by atoms with Gasteiger partial charge in [0.15, 0.2) is 0 Å². The molecule has 1 N–H and O–H groups in total. The highest BCUT2D eigenvalue weighted by Crippen LogP contribution is 2.50. The highest BCUT2D eigenvalue weighted by atomic mass is 16.6. The van der Waals surface area contributed by atoms with Gasteiger partial charge in [-0.2, -0.15) is 0 Å². The van der Waals surface area contributed by atoms with E-state index in [-0.39, 0.29) is 31.0 Å². The molecule has 0 radical (unpaired) electrons. The lowest BCUT2D eigenvalue weighted by Gasteiger charge is -2.42. The fourth-order valence-corrected chi connectivity index (χ4v) is 6.39. The first-order valence-electron chi connectivity index (χ1n) is 12.6. The Morgan fingerprint density at radius 1 is 1.15 bits per heavy atom. The topological polar surface area (TPSA) is 71.1 Å². The summed E-state index contributed by atoms with van der Waals surface area (Å²) >= 11 is 0. The van der Waals surface area contributed by atoms with Gasteiger partial charge < -0.3 is 24.6 Å². The van der Waals surface area contributed by atoms with Gasteiger partial charge in [-0.05, 0) is 62.2 Å². The molecule has 3 heterocycles. The van der Waals surface area contributed by atoms with Crippen LogP contribution in [0.4, 0.5) is 4.79 Å². The number of carbonyl (C=O) groups excluding carboxylic acids is 2. The van der Waals surface area contributed by atoms with Gasteiger partial charge in [-0.3, -0.25) is 4.79 Å². The minimum Gasteiger partial charge on any atom is -0.444 e. The molecule has 0 saturated carbocycles. The molecule has 3 saturated heterocycles. The average molecular weight is 458 g/mol. The molecule has 0 bridgehead atoms. The molecular weight excluding hydrogens is 418 g/mol. The van der Waals surface area contributed by atoms with Crippen LogP contribution in [0, 0.1) is 5.92 Å². The van der Waals surface area contributed by atoms with Crippen molar-refractivity contribution in [3.63, 3.8) is 0 Å². The van der Waals surface area contributed by atoms with Crippen LogP contribution in [0.3, 0.4) is 0 Å². The number of ether oxygens (including phenoxy) is 2. The summed E-state index contributed by atoms with van der Waals surface area (Å²) in [6, 6.07) is 8.84. The fourth-order valence-electron chi connectivity index (χ4n) is 6.39. The quantitative estimate of drug-likeness (QED) is 0.750. The number of hydrogen-bond donors (Lipinski definition) is 1. The third kappa shape index (κ3) is 4.90. The van der Waals surface area contributed by atoms with E-state index in [9.17, 15) is 9.59 Å². The molecule has 1 spiro atoms. The van der Waals surface area contributed by atoms with Crippen molar-refractivity contribution in [1.82, 2.24) is 15.1 Å². The molecule has 0 unspecified atom stereocenters. The van der Waals surface area contributed by atoms with Crippen molar-refractivity contribution in [3.8, 4) is 0 Å². The summed E-state index contributed by atoms with van der Waals surface area (Å²) in [5, 5.41) is 3.18. The van der Waals surface area contributed by atoms with Crippen LogP contribution >= 0.6 is 0 Å². The van der Waals surface area contributed by atoms with Crippen molar-refractivity contribution in [2.24, 2.45) is 5.92 Å². The predicted octanol–water partition coefficient (Wildman–Crippen LogP) is 3.48. The standard InChI is InChI=1S/C26H37N3O4.H2/c1-19(30)27-24-16-26(23-5-3-2-4-22(23)24)9-13-28(14-10-26)17-20-6-11-29(12-7-20)25(31)33-21-8-15-32-18-21;/h2-5,20-21,24H,6-18H2,1H3,(H,27,30);1H/t21-,24-;/m0./s1. The number of likely N-dealkylation sites (tertiary alicyclic amines) is 2. The van der Waals surface area contributed by atoms with Gasteiger partial charge >= 0.3 is 6.09 Å². The van der Waals surface area contributed by atoms with E-state index >= 15 is 0 Å². The lowest BCUT2D eigenvalue weighted by Crippen LogP contribution is -2.46. The summed E-state index contributed by atoms with van der Waals surface area (Å²) in [6.07, 6.45) is 5.99. The van der Waals surface area contributed by atoms with Crippen molar-refractivity contribution in [2.75, 3.05) is 45.9 Å². The van der Waals surface area contributed by atoms with Crippen molar-refractivity contribution < 1.29 is 20.5 Å². The molecule has 1 aliphatic carbocycles. The molecule has 7 heteroatoms. The summed E-state index contributed by atoms with van der Waals surface area (Å²) in [5.41, 5.74) is 2.95. The number of hydrogen-bond acceptors (Lipinski definition) is 5. The molecule has 3 aliphatic heterocycles.